The van der Waals surface area contributed by atoms with Gasteiger partial charge in [-0.2, -0.15) is 5.10 Å². The maximum Gasteiger partial charge on any atom is 0.234 e. The molecule has 140 valence electrons. The summed E-state index contributed by atoms with van der Waals surface area (Å²) in [7, 11) is -3.22. The lowest BCUT2D eigenvalue weighted by Crippen LogP contribution is -2.30. The highest BCUT2D eigenvalue weighted by Gasteiger charge is 2.28. The van der Waals surface area contributed by atoms with Crippen LogP contribution in [0.25, 0.3) is 0 Å². The first-order valence-corrected chi connectivity index (χ1v) is 11.4. The van der Waals surface area contributed by atoms with Crippen LogP contribution in [-0.2, 0) is 16.4 Å². The predicted molar refractivity (Wildman–Crippen MR) is 113 cm³/mol. The Labute approximate surface area is 163 Å². The molecule has 0 spiro atoms. The molecular weight excluding hydrogens is 380 g/mol. The highest BCUT2D eigenvalue weighted by Crippen LogP contribution is 2.32. The van der Waals surface area contributed by atoms with Gasteiger partial charge in [-0.05, 0) is 48.7 Å². The second-order valence-corrected chi connectivity index (χ2v) is 9.42. The molecule has 0 saturated carbocycles. The number of aliphatic imine (C=N–C) groups is 1. The van der Waals surface area contributed by atoms with Gasteiger partial charge in [-0.25, -0.2) is 13.4 Å². The molecule has 0 bridgehead atoms. The fourth-order valence-electron chi connectivity index (χ4n) is 3.14. The van der Waals surface area contributed by atoms with Crippen LogP contribution in [0, 0.1) is 0 Å². The first-order chi connectivity index (χ1) is 13.1. The molecule has 0 amide bonds. The molecule has 0 aromatic heterocycles. The van der Waals surface area contributed by atoms with E-state index in [1.807, 2.05) is 42.5 Å². The molecular formula is C19H20N4O2S2. The number of hydrogen-bond acceptors (Lipinski definition) is 5. The lowest BCUT2D eigenvalue weighted by molar-refractivity contribution is 0.593. The molecule has 2 aromatic carbocycles. The number of sulfonamides is 1. The fraction of sp³-hybridized carbons (Fsp3) is 0.263. The normalized spacial score (nSPS) is 18.2. The van der Waals surface area contributed by atoms with Gasteiger partial charge in [0.1, 0.15) is 0 Å². The van der Waals surface area contributed by atoms with E-state index in [1.165, 1.54) is 4.31 Å². The van der Waals surface area contributed by atoms with E-state index in [1.54, 1.807) is 18.7 Å². The number of hydrogen-bond donors (Lipinski definition) is 1. The van der Waals surface area contributed by atoms with E-state index in [9.17, 15) is 8.42 Å². The van der Waals surface area contributed by atoms with Gasteiger partial charge in [0.25, 0.3) is 0 Å². The van der Waals surface area contributed by atoms with Crippen molar-refractivity contribution in [1.82, 2.24) is 5.43 Å². The first kappa shape index (κ1) is 18.1. The Morgan fingerprint density at radius 2 is 2.04 bits per heavy atom. The van der Waals surface area contributed by atoms with Gasteiger partial charge in [-0.15, -0.1) is 0 Å². The van der Waals surface area contributed by atoms with Crippen molar-refractivity contribution in [2.45, 2.75) is 13.3 Å². The van der Waals surface area contributed by atoms with Crippen LogP contribution in [0.4, 0.5) is 11.4 Å². The Hall–Kier alpha value is -2.32. The third-order valence-corrected chi connectivity index (χ3v) is 7.24. The van der Waals surface area contributed by atoms with Crippen LogP contribution >= 0.6 is 11.8 Å². The lowest BCUT2D eigenvalue weighted by Gasteiger charge is -2.19. The summed E-state index contributed by atoms with van der Waals surface area (Å²) in [5, 5.41) is 5.24. The standard InChI is InChI=1S/C19H20N4O2S2/c1-2-27(24,25)23-11-10-15-12-14(8-9-18(15)23)17-13-26-19(22-21-17)20-16-6-4-3-5-7-16/h3-9,12H,2,10-11,13H2,1H3,(H,20,22). The van der Waals surface area contributed by atoms with Crippen LogP contribution in [0.3, 0.4) is 0 Å². The third-order valence-electron chi connectivity index (χ3n) is 4.59. The zero-order chi connectivity index (χ0) is 18.9. The highest BCUT2D eigenvalue weighted by atomic mass is 32.2. The van der Waals surface area contributed by atoms with Gasteiger partial charge in [0, 0.05) is 12.3 Å². The highest BCUT2D eigenvalue weighted by molar-refractivity contribution is 8.14. The second kappa shape index (κ2) is 7.36. The van der Waals surface area contributed by atoms with Crippen LogP contribution in [0.1, 0.15) is 18.1 Å². The van der Waals surface area contributed by atoms with Crippen LogP contribution in [0.5, 0.6) is 0 Å². The van der Waals surface area contributed by atoms with E-state index in [4.69, 9.17) is 0 Å². The second-order valence-electron chi connectivity index (χ2n) is 6.28. The zero-order valence-electron chi connectivity index (χ0n) is 14.9. The summed E-state index contributed by atoms with van der Waals surface area (Å²) in [5.74, 6) is 0.833. The average molecular weight is 401 g/mol. The zero-order valence-corrected chi connectivity index (χ0v) is 16.6. The molecule has 0 radical (unpaired) electrons. The van der Waals surface area contributed by atoms with Crippen LogP contribution in [0.2, 0.25) is 0 Å². The van der Waals surface area contributed by atoms with Crippen LogP contribution < -0.4 is 9.73 Å². The van der Waals surface area contributed by atoms with Crippen molar-refractivity contribution < 1.29 is 8.42 Å². The van der Waals surface area contributed by atoms with Crippen LogP contribution in [-0.4, -0.2) is 37.3 Å². The predicted octanol–water partition coefficient (Wildman–Crippen LogP) is 3.13. The maximum atomic E-state index is 12.2. The first-order valence-electron chi connectivity index (χ1n) is 8.79. The molecule has 2 aromatic rings. The van der Waals surface area contributed by atoms with Crippen molar-refractivity contribution in [3.63, 3.8) is 0 Å². The molecule has 2 aliphatic rings. The van der Waals surface area contributed by atoms with Gasteiger partial charge < -0.3 is 0 Å². The van der Waals surface area contributed by atoms with Crippen molar-refractivity contribution in [3.8, 4) is 0 Å². The van der Waals surface area contributed by atoms with E-state index in [-0.39, 0.29) is 5.75 Å². The van der Waals surface area contributed by atoms with E-state index in [0.717, 1.165) is 39.8 Å². The largest absolute Gasteiger partial charge is 0.270 e. The Morgan fingerprint density at radius 3 is 2.74 bits per heavy atom. The minimum absolute atomic E-state index is 0.116. The number of amidine groups is 1. The number of nitrogens with one attached hydrogen (secondary N) is 1. The van der Waals surface area contributed by atoms with Gasteiger partial charge in [0.15, 0.2) is 5.17 Å². The Kier molecular flexibility index (Phi) is 4.92. The molecule has 0 unspecified atom stereocenters. The van der Waals surface area contributed by atoms with Crippen molar-refractivity contribution in [1.29, 1.82) is 0 Å². The molecule has 0 saturated heterocycles. The number of rotatable bonds is 4. The molecule has 0 aliphatic carbocycles. The Bertz CT molecular complexity index is 1020. The molecule has 4 rings (SSSR count). The van der Waals surface area contributed by atoms with Gasteiger partial charge in [0.2, 0.25) is 10.0 Å². The van der Waals surface area contributed by atoms with Crippen molar-refractivity contribution in [3.05, 3.63) is 59.7 Å². The maximum absolute atomic E-state index is 12.2. The average Bonchev–Trinajstić information content (AvgIpc) is 3.13. The number of para-hydroxylation sites is 1. The SMILES string of the molecule is CCS(=O)(=O)N1CCc2cc(C3=NNC(=Nc4ccccc4)SC3)ccc21. The van der Waals surface area contributed by atoms with Gasteiger partial charge in [0.05, 0.1) is 22.8 Å². The molecule has 27 heavy (non-hydrogen) atoms. The van der Waals surface area contributed by atoms with Gasteiger partial charge >= 0.3 is 0 Å². The summed E-state index contributed by atoms with van der Waals surface area (Å²) in [5.41, 5.74) is 7.72. The molecule has 6 nitrogen and oxygen atoms in total. The monoisotopic (exact) mass is 400 g/mol. The topological polar surface area (TPSA) is 74.1 Å². The molecule has 1 N–H and O–H groups in total. The summed E-state index contributed by atoms with van der Waals surface area (Å²) >= 11 is 1.60. The van der Waals surface area contributed by atoms with E-state index >= 15 is 0 Å². The number of anilines is 1. The van der Waals surface area contributed by atoms with Crippen molar-refractivity contribution >= 4 is 44.0 Å². The van der Waals surface area contributed by atoms with Crippen molar-refractivity contribution in [2.75, 3.05) is 22.4 Å². The molecule has 0 atom stereocenters. The number of hydrazone groups is 1. The number of thioether (sulfide) groups is 1. The molecule has 8 heteroatoms. The molecule has 2 aliphatic heterocycles. The van der Waals surface area contributed by atoms with E-state index in [0.29, 0.717) is 12.3 Å². The number of benzene rings is 2. The van der Waals surface area contributed by atoms with Gasteiger partial charge in [-0.1, -0.05) is 36.0 Å². The number of nitrogens with zero attached hydrogens (tertiary/aromatic N) is 3. The van der Waals surface area contributed by atoms with E-state index in [2.05, 4.69) is 21.6 Å². The smallest absolute Gasteiger partial charge is 0.234 e. The quantitative estimate of drug-likeness (QED) is 0.856. The third kappa shape index (κ3) is 3.72. The minimum atomic E-state index is -3.22. The minimum Gasteiger partial charge on any atom is -0.270 e. The summed E-state index contributed by atoms with van der Waals surface area (Å²) in [4.78, 5) is 4.54. The Balaban J connectivity index is 1.53. The summed E-state index contributed by atoms with van der Waals surface area (Å²) in [6, 6.07) is 15.7. The summed E-state index contributed by atoms with van der Waals surface area (Å²) in [6.45, 7) is 2.19. The number of fused-ring (bicyclic) bond motifs is 1. The fourth-order valence-corrected chi connectivity index (χ4v) is 5.08. The summed E-state index contributed by atoms with van der Waals surface area (Å²) < 4.78 is 25.9. The van der Waals surface area contributed by atoms with E-state index < -0.39 is 10.0 Å². The van der Waals surface area contributed by atoms with Crippen LogP contribution in [0.15, 0.2) is 58.6 Å². The molecule has 2 heterocycles. The van der Waals surface area contributed by atoms with Gasteiger partial charge in [-0.3, -0.25) is 9.73 Å². The Morgan fingerprint density at radius 1 is 1.22 bits per heavy atom. The summed E-state index contributed by atoms with van der Waals surface area (Å²) in [6.07, 6.45) is 0.733. The lowest BCUT2D eigenvalue weighted by atomic mass is 10.1. The van der Waals surface area contributed by atoms with Crippen molar-refractivity contribution in [2.24, 2.45) is 10.1 Å². The molecule has 0 fully saturated rings.